The van der Waals surface area contributed by atoms with E-state index in [-0.39, 0.29) is 4.88 Å². The summed E-state index contributed by atoms with van der Waals surface area (Å²) in [6.45, 7) is 3.54. The van der Waals surface area contributed by atoms with Gasteiger partial charge >= 0.3 is 5.97 Å². The van der Waals surface area contributed by atoms with Crippen LogP contribution in [0.25, 0.3) is 10.2 Å². The van der Waals surface area contributed by atoms with E-state index in [9.17, 15) is 9.90 Å². The Labute approximate surface area is 148 Å². The second-order valence-electron chi connectivity index (χ2n) is 5.36. The Kier molecular flexibility index (Phi) is 4.45. The first-order valence-corrected chi connectivity index (χ1v) is 8.26. The zero-order valence-electron chi connectivity index (χ0n) is 14.2. The van der Waals surface area contributed by atoms with Crippen LogP contribution in [0.3, 0.4) is 0 Å². The van der Waals surface area contributed by atoms with Crippen molar-refractivity contribution in [3.05, 3.63) is 34.5 Å². The number of carboxylic acid groups (broad SMARTS) is 1. The normalized spacial score (nSPS) is 10.7. The molecule has 25 heavy (non-hydrogen) atoms. The van der Waals surface area contributed by atoms with Crippen LogP contribution in [0.5, 0.6) is 11.5 Å². The third-order valence-corrected chi connectivity index (χ3v) is 4.92. The molecule has 2 N–H and O–H groups in total. The molecule has 0 unspecified atom stereocenters. The van der Waals surface area contributed by atoms with E-state index in [1.807, 2.05) is 6.07 Å². The molecular formula is C17H17N3O4S. The van der Waals surface area contributed by atoms with Crippen LogP contribution in [0.15, 0.2) is 18.2 Å². The quantitative estimate of drug-likeness (QED) is 0.716. The number of aryl methyl sites for hydroxylation is 2. The van der Waals surface area contributed by atoms with Crippen LogP contribution in [0.4, 0.5) is 11.5 Å². The largest absolute Gasteiger partial charge is 0.493 e. The molecule has 2 heterocycles. The molecular weight excluding hydrogens is 342 g/mol. The molecule has 3 aromatic rings. The Morgan fingerprint density at radius 2 is 1.88 bits per heavy atom. The molecule has 2 aromatic heterocycles. The number of carboxylic acids is 1. The number of fused-ring (bicyclic) bond motifs is 1. The molecule has 0 saturated heterocycles. The highest BCUT2D eigenvalue weighted by molar-refractivity contribution is 7.20. The van der Waals surface area contributed by atoms with E-state index in [0.717, 1.165) is 17.0 Å². The van der Waals surface area contributed by atoms with Crippen LogP contribution < -0.4 is 14.8 Å². The first-order valence-electron chi connectivity index (χ1n) is 7.44. The SMILES string of the molecule is COc1ccc(Nc2nc(C)nc3sc(C(=O)O)c(C)c23)cc1OC. The van der Waals surface area contributed by atoms with Crippen molar-refractivity contribution in [2.75, 3.05) is 19.5 Å². The lowest BCUT2D eigenvalue weighted by atomic mass is 10.2. The van der Waals surface area contributed by atoms with Gasteiger partial charge < -0.3 is 19.9 Å². The van der Waals surface area contributed by atoms with Crippen molar-refractivity contribution in [2.45, 2.75) is 13.8 Å². The highest BCUT2D eigenvalue weighted by Gasteiger charge is 2.19. The van der Waals surface area contributed by atoms with Crippen molar-refractivity contribution in [3.63, 3.8) is 0 Å². The minimum absolute atomic E-state index is 0.269. The van der Waals surface area contributed by atoms with Crippen LogP contribution in [-0.4, -0.2) is 35.3 Å². The molecule has 0 spiro atoms. The smallest absolute Gasteiger partial charge is 0.346 e. The Morgan fingerprint density at radius 1 is 1.16 bits per heavy atom. The van der Waals surface area contributed by atoms with Gasteiger partial charge in [0.05, 0.1) is 19.6 Å². The number of nitrogens with one attached hydrogen (secondary N) is 1. The maximum atomic E-state index is 11.4. The summed E-state index contributed by atoms with van der Waals surface area (Å²) < 4.78 is 10.5. The van der Waals surface area contributed by atoms with E-state index >= 15 is 0 Å². The summed E-state index contributed by atoms with van der Waals surface area (Å²) in [4.78, 5) is 21.1. The van der Waals surface area contributed by atoms with Gasteiger partial charge in [0, 0.05) is 11.8 Å². The van der Waals surface area contributed by atoms with Crippen molar-refractivity contribution in [3.8, 4) is 11.5 Å². The summed E-state index contributed by atoms with van der Waals surface area (Å²) in [5.41, 5.74) is 1.40. The van der Waals surface area contributed by atoms with E-state index in [4.69, 9.17) is 9.47 Å². The first-order chi connectivity index (χ1) is 11.9. The molecule has 0 radical (unpaired) electrons. The summed E-state index contributed by atoms with van der Waals surface area (Å²) in [5.74, 6) is 1.37. The molecule has 0 aliphatic rings. The lowest BCUT2D eigenvalue weighted by Gasteiger charge is -2.12. The molecule has 0 atom stereocenters. The molecule has 1 aromatic carbocycles. The van der Waals surface area contributed by atoms with Gasteiger partial charge in [0.2, 0.25) is 0 Å². The fourth-order valence-corrected chi connectivity index (χ4v) is 3.66. The summed E-state index contributed by atoms with van der Waals surface area (Å²) in [5, 5.41) is 13.3. The summed E-state index contributed by atoms with van der Waals surface area (Å²) in [6.07, 6.45) is 0. The zero-order chi connectivity index (χ0) is 18.1. The van der Waals surface area contributed by atoms with Crippen LogP contribution in [0, 0.1) is 13.8 Å². The number of thiophene rings is 1. The number of hydrogen-bond acceptors (Lipinski definition) is 7. The van der Waals surface area contributed by atoms with Crippen LogP contribution >= 0.6 is 11.3 Å². The van der Waals surface area contributed by atoms with Crippen molar-refractivity contribution in [1.82, 2.24) is 9.97 Å². The molecule has 0 fully saturated rings. The van der Waals surface area contributed by atoms with Crippen molar-refractivity contribution in [2.24, 2.45) is 0 Å². The van der Waals surface area contributed by atoms with E-state index in [2.05, 4.69) is 15.3 Å². The fraction of sp³-hybridized carbons (Fsp3) is 0.235. The Bertz CT molecular complexity index is 968. The topological polar surface area (TPSA) is 93.6 Å². The number of benzene rings is 1. The van der Waals surface area contributed by atoms with Gasteiger partial charge in [0.1, 0.15) is 21.3 Å². The molecule has 130 valence electrons. The number of rotatable bonds is 5. The van der Waals surface area contributed by atoms with Crippen LogP contribution in [0.2, 0.25) is 0 Å². The third kappa shape index (κ3) is 3.08. The number of aromatic carboxylic acids is 1. The number of carbonyl (C=O) groups is 1. The number of methoxy groups -OCH3 is 2. The average molecular weight is 359 g/mol. The van der Waals surface area contributed by atoms with Crippen LogP contribution in [0.1, 0.15) is 21.1 Å². The lowest BCUT2D eigenvalue weighted by molar-refractivity contribution is 0.0701. The van der Waals surface area contributed by atoms with Gasteiger partial charge in [-0.1, -0.05) is 0 Å². The second kappa shape index (κ2) is 6.56. The Balaban J connectivity index is 2.11. The van der Waals surface area contributed by atoms with Gasteiger partial charge in [0.25, 0.3) is 0 Å². The standard InChI is InChI=1S/C17H17N3O4S/c1-8-13-15(18-9(2)19-16(13)25-14(8)17(21)22)20-10-5-6-11(23-3)12(7-10)24-4/h5-7H,1-4H3,(H,21,22)(H,18,19,20). The minimum Gasteiger partial charge on any atom is -0.493 e. The maximum absolute atomic E-state index is 11.4. The van der Waals surface area contributed by atoms with Gasteiger partial charge in [-0.25, -0.2) is 14.8 Å². The number of hydrogen-bond donors (Lipinski definition) is 2. The van der Waals surface area contributed by atoms with E-state index < -0.39 is 5.97 Å². The number of nitrogens with zero attached hydrogens (tertiary/aromatic N) is 2. The fourth-order valence-electron chi connectivity index (χ4n) is 2.59. The molecule has 0 amide bonds. The van der Waals surface area contributed by atoms with E-state index in [1.54, 1.807) is 40.2 Å². The Morgan fingerprint density at radius 3 is 2.52 bits per heavy atom. The van der Waals surface area contributed by atoms with Crippen molar-refractivity contribution >= 4 is 39.0 Å². The predicted octanol–water partition coefficient (Wildman–Crippen LogP) is 3.77. The molecule has 8 heteroatoms. The second-order valence-corrected chi connectivity index (χ2v) is 6.35. The summed E-state index contributed by atoms with van der Waals surface area (Å²) in [6, 6.07) is 5.42. The Hall–Kier alpha value is -2.87. The molecule has 0 aliphatic carbocycles. The zero-order valence-corrected chi connectivity index (χ0v) is 15.0. The molecule has 3 rings (SSSR count). The van der Waals surface area contributed by atoms with E-state index in [0.29, 0.717) is 38.9 Å². The average Bonchev–Trinajstić information content (AvgIpc) is 2.91. The van der Waals surface area contributed by atoms with Crippen LogP contribution in [-0.2, 0) is 0 Å². The first kappa shape index (κ1) is 17.0. The number of ether oxygens (including phenoxy) is 2. The van der Waals surface area contributed by atoms with Gasteiger partial charge in [-0.15, -0.1) is 11.3 Å². The van der Waals surface area contributed by atoms with Crippen molar-refractivity contribution < 1.29 is 19.4 Å². The predicted molar refractivity (Wildman–Crippen MR) is 96.7 cm³/mol. The minimum atomic E-state index is -0.963. The molecule has 0 saturated carbocycles. The molecule has 0 aliphatic heterocycles. The highest BCUT2D eigenvalue weighted by Crippen LogP contribution is 2.36. The van der Waals surface area contributed by atoms with Gasteiger partial charge in [0.15, 0.2) is 11.5 Å². The summed E-state index contributed by atoms with van der Waals surface area (Å²) >= 11 is 1.15. The monoisotopic (exact) mass is 359 g/mol. The molecule has 0 bridgehead atoms. The van der Waals surface area contributed by atoms with E-state index in [1.165, 1.54) is 0 Å². The van der Waals surface area contributed by atoms with Gasteiger partial charge in [-0.2, -0.15) is 0 Å². The van der Waals surface area contributed by atoms with Gasteiger partial charge in [-0.3, -0.25) is 0 Å². The lowest BCUT2D eigenvalue weighted by Crippen LogP contribution is -2.00. The number of aromatic nitrogens is 2. The molecule has 7 nitrogen and oxygen atoms in total. The highest BCUT2D eigenvalue weighted by atomic mass is 32.1. The van der Waals surface area contributed by atoms with Gasteiger partial charge in [-0.05, 0) is 31.5 Å². The summed E-state index contributed by atoms with van der Waals surface area (Å²) in [7, 11) is 3.14. The van der Waals surface area contributed by atoms with Crippen molar-refractivity contribution in [1.29, 1.82) is 0 Å². The maximum Gasteiger partial charge on any atom is 0.346 e. The third-order valence-electron chi connectivity index (χ3n) is 3.74. The number of anilines is 2.